The molecule has 6 rings (SSSR count). The maximum Gasteiger partial charge on any atom is 0.303 e. The minimum atomic E-state index is -0.719. The van der Waals surface area contributed by atoms with Crippen LogP contribution in [-0.2, 0) is 23.8 Å². The molecule has 1 heterocycles. The van der Waals surface area contributed by atoms with Gasteiger partial charge >= 0.3 is 11.9 Å². The number of oxime groups is 1. The quantitative estimate of drug-likeness (QED) is 0.220. The van der Waals surface area contributed by atoms with E-state index in [9.17, 15) is 14.8 Å². The molecule has 0 aromatic heterocycles. The maximum atomic E-state index is 12.5. The minimum Gasteiger partial charge on any atom is -0.462 e. The van der Waals surface area contributed by atoms with Crippen molar-refractivity contribution >= 4 is 17.7 Å². The predicted octanol–water partition coefficient (Wildman–Crippen LogP) is 7.08. The number of hydrogen-bond donors (Lipinski definition) is 1. The zero-order valence-electron chi connectivity index (χ0n) is 26.9. The molecule has 6 aliphatic rings. The fraction of sp³-hybridized carbons (Fsp3) is 0.912. The number of fused-ring (bicyclic) bond motifs is 2. The van der Waals surface area contributed by atoms with Gasteiger partial charge in [-0.25, -0.2) is 0 Å². The van der Waals surface area contributed by atoms with Crippen molar-refractivity contribution in [1.29, 1.82) is 0 Å². The van der Waals surface area contributed by atoms with Crippen molar-refractivity contribution in [3.05, 3.63) is 0 Å². The van der Waals surface area contributed by atoms with E-state index in [2.05, 4.69) is 39.8 Å². The number of rotatable bonds is 4. The van der Waals surface area contributed by atoms with Crippen LogP contribution in [0.15, 0.2) is 5.16 Å². The highest BCUT2D eigenvalue weighted by Crippen LogP contribution is 2.89. The Morgan fingerprint density at radius 1 is 0.902 bits per heavy atom. The second-order valence-electron chi connectivity index (χ2n) is 16.8. The van der Waals surface area contributed by atoms with Gasteiger partial charge in [0.25, 0.3) is 0 Å². The molecule has 5 aliphatic carbocycles. The summed E-state index contributed by atoms with van der Waals surface area (Å²) in [5.74, 6) is 0.702. The lowest BCUT2D eigenvalue weighted by Gasteiger charge is -2.63. The fourth-order valence-electron chi connectivity index (χ4n) is 12.8. The first-order valence-electron chi connectivity index (χ1n) is 16.2. The lowest BCUT2D eigenvalue weighted by molar-refractivity contribution is -0.203. The fourth-order valence-corrected chi connectivity index (χ4v) is 12.8. The van der Waals surface area contributed by atoms with E-state index in [-0.39, 0.29) is 46.3 Å². The van der Waals surface area contributed by atoms with Gasteiger partial charge < -0.3 is 19.4 Å². The van der Waals surface area contributed by atoms with Crippen molar-refractivity contribution in [3.8, 4) is 0 Å². The van der Waals surface area contributed by atoms with Gasteiger partial charge in [-0.2, -0.15) is 0 Å². The van der Waals surface area contributed by atoms with Gasteiger partial charge in [0.2, 0.25) is 0 Å². The van der Waals surface area contributed by atoms with Crippen LogP contribution in [0.1, 0.15) is 127 Å². The van der Waals surface area contributed by atoms with Crippen LogP contribution in [-0.4, -0.2) is 46.3 Å². The number of esters is 2. The molecule has 5 saturated carbocycles. The number of nitrogens with zero attached hydrogens (tertiary/aromatic N) is 1. The van der Waals surface area contributed by atoms with Crippen LogP contribution in [0.4, 0.5) is 0 Å². The van der Waals surface area contributed by atoms with Gasteiger partial charge in [0.15, 0.2) is 0 Å². The Hall–Kier alpha value is -1.63. The van der Waals surface area contributed by atoms with E-state index < -0.39 is 11.2 Å². The summed E-state index contributed by atoms with van der Waals surface area (Å²) >= 11 is 0. The molecule has 1 saturated heterocycles. The zero-order valence-corrected chi connectivity index (χ0v) is 26.9. The Morgan fingerprint density at radius 3 is 2.20 bits per heavy atom. The van der Waals surface area contributed by atoms with Crippen LogP contribution in [0.5, 0.6) is 0 Å². The van der Waals surface area contributed by atoms with Gasteiger partial charge in [0.05, 0.1) is 17.4 Å². The molecule has 230 valence electrons. The first-order valence-corrected chi connectivity index (χ1v) is 16.2. The maximum absolute atomic E-state index is 12.5. The van der Waals surface area contributed by atoms with E-state index in [4.69, 9.17) is 14.2 Å². The summed E-state index contributed by atoms with van der Waals surface area (Å²) in [5.41, 5.74) is 0.354. The van der Waals surface area contributed by atoms with Crippen molar-refractivity contribution in [2.24, 2.45) is 50.0 Å². The molecular weight excluding hydrogens is 518 g/mol. The molecule has 3 unspecified atom stereocenters. The summed E-state index contributed by atoms with van der Waals surface area (Å²) in [7, 11) is 0. The molecule has 1 aliphatic heterocycles. The van der Waals surface area contributed by atoms with Gasteiger partial charge in [-0.15, -0.1) is 0 Å². The molecule has 7 nitrogen and oxygen atoms in total. The van der Waals surface area contributed by atoms with Crippen molar-refractivity contribution in [2.45, 2.75) is 150 Å². The molecule has 7 heteroatoms. The molecule has 1 N–H and O–H groups in total. The molecular formula is C34H53NO6. The van der Waals surface area contributed by atoms with E-state index in [0.29, 0.717) is 22.7 Å². The third-order valence-electron chi connectivity index (χ3n) is 14.4. The largest absolute Gasteiger partial charge is 0.462 e. The van der Waals surface area contributed by atoms with E-state index in [1.165, 1.54) is 32.6 Å². The van der Waals surface area contributed by atoms with Gasteiger partial charge in [0, 0.05) is 25.2 Å². The van der Waals surface area contributed by atoms with Crippen LogP contribution in [0, 0.1) is 44.8 Å². The molecule has 0 aromatic carbocycles. The Morgan fingerprint density at radius 2 is 1.56 bits per heavy atom. The zero-order chi connectivity index (χ0) is 30.0. The lowest BCUT2D eigenvalue weighted by Crippen LogP contribution is -2.59. The highest BCUT2D eigenvalue weighted by atomic mass is 16.6. The van der Waals surface area contributed by atoms with Gasteiger partial charge in [-0.1, -0.05) is 32.9 Å². The molecule has 0 radical (unpaired) electrons. The van der Waals surface area contributed by atoms with E-state index in [0.717, 1.165) is 44.2 Å². The monoisotopic (exact) mass is 571 g/mol. The smallest absolute Gasteiger partial charge is 0.303 e. The standard InChI is InChI=1S/C34H53NO6/c1-20(36)39-22-18-31(8)24-11-10-23-28(3,4)25(35-38)12-15-33(23)19-34(24,33)17-16-30(31,7)27(22)32(9)14-13-26(41-32)29(5,6)40-21(2)37/h22-24,26-27,38H,10-19H2,1-9H3/b35-25+/t22-,23?,24?,26+,27?,30+,31-,32-,33+,34-/m0/s1. The van der Waals surface area contributed by atoms with Crippen LogP contribution in [0.25, 0.3) is 0 Å². The van der Waals surface area contributed by atoms with Crippen LogP contribution < -0.4 is 0 Å². The summed E-state index contributed by atoms with van der Waals surface area (Å²) in [5, 5.41) is 13.6. The molecule has 6 fully saturated rings. The van der Waals surface area contributed by atoms with E-state index >= 15 is 0 Å². The van der Waals surface area contributed by atoms with E-state index in [1.807, 2.05) is 13.8 Å². The number of ether oxygens (including phenoxy) is 3. The number of hydrogen-bond acceptors (Lipinski definition) is 7. The third kappa shape index (κ3) is 3.68. The Balaban J connectivity index is 1.35. The predicted molar refractivity (Wildman–Crippen MR) is 155 cm³/mol. The average molecular weight is 572 g/mol. The molecule has 41 heavy (non-hydrogen) atoms. The summed E-state index contributed by atoms with van der Waals surface area (Å²) in [6.07, 6.45) is 10.1. The molecule has 0 bridgehead atoms. The highest BCUT2D eigenvalue weighted by Gasteiger charge is 2.83. The van der Waals surface area contributed by atoms with Gasteiger partial charge in [-0.3, -0.25) is 9.59 Å². The Labute approximate surface area is 246 Å². The third-order valence-corrected chi connectivity index (χ3v) is 14.4. The molecule has 2 spiro atoms. The second kappa shape index (κ2) is 8.72. The van der Waals surface area contributed by atoms with Crippen LogP contribution in [0.3, 0.4) is 0 Å². The van der Waals surface area contributed by atoms with Crippen molar-refractivity contribution < 1.29 is 29.0 Å². The number of carbonyl (C=O) groups excluding carboxylic acids is 2. The van der Waals surface area contributed by atoms with Crippen LogP contribution in [0.2, 0.25) is 0 Å². The first-order chi connectivity index (χ1) is 18.9. The second-order valence-corrected chi connectivity index (χ2v) is 16.8. The first kappa shape index (κ1) is 29.4. The normalized spacial score (nSPS) is 50.8. The van der Waals surface area contributed by atoms with Gasteiger partial charge in [-0.05, 0) is 118 Å². The van der Waals surface area contributed by atoms with Gasteiger partial charge in [0.1, 0.15) is 11.7 Å². The Bertz CT molecular complexity index is 1180. The summed E-state index contributed by atoms with van der Waals surface area (Å²) in [4.78, 5) is 24.4. The van der Waals surface area contributed by atoms with Crippen LogP contribution >= 0.6 is 0 Å². The molecule has 0 aromatic rings. The van der Waals surface area contributed by atoms with Crippen molar-refractivity contribution in [2.75, 3.05) is 0 Å². The lowest BCUT2D eigenvalue weighted by atomic mass is 9.41. The highest BCUT2D eigenvalue weighted by molar-refractivity contribution is 5.90. The van der Waals surface area contributed by atoms with E-state index in [1.54, 1.807) is 6.92 Å². The summed E-state index contributed by atoms with van der Waals surface area (Å²) in [6.45, 7) is 18.7. The summed E-state index contributed by atoms with van der Waals surface area (Å²) < 4.78 is 18.9. The molecule has 0 amide bonds. The summed E-state index contributed by atoms with van der Waals surface area (Å²) in [6, 6.07) is 0. The topological polar surface area (TPSA) is 94.4 Å². The minimum absolute atomic E-state index is 0.0237. The SMILES string of the molecule is CC(=O)O[C@H]1C[C@@]2(C)C3CCC4C(C)(C)/C(=N/O)CC[C@@]45C[C@@]35CC[C@]2(C)C1[C@]1(C)CC[C@H](C(C)(C)OC(C)=O)O1. The van der Waals surface area contributed by atoms with Crippen molar-refractivity contribution in [1.82, 2.24) is 0 Å². The van der Waals surface area contributed by atoms with Crippen molar-refractivity contribution in [3.63, 3.8) is 0 Å². The molecule has 10 atom stereocenters. The number of carbonyl (C=O) groups is 2. The average Bonchev–Trinajstić information content (AvgIpc) is 3.22. The Kier molecular flexibility index (Phi) is 6.27.